The molecule has 2 unspecified atom stereocenters. The third-order valence-electron chi connectivity index (χ3n) is 5.17. The SMILES string of the molecule is Cc1nn2c(NC3CCN(C4CS(=O)C4)CC3F)cccc2c1SC(F)(F)F. The molecule has 0 spiro atoms. The van der Waals surface area contributed by atoms with Crippen molar-refractivity contribution in [1.29, 1.82) is 0 Å². The lowest BCUT2D eigenvalue weighted by atomic mass is 10.0. The van der Waals surface area contributed by atoms with Gasteiger partial charge in [0.15, 0.2) is 0 Å². The van der Waals surface area contributed by atoms with Crippen molar-refractivity contribution in [1.82, 2.24) is 14.5 Å². The van der Waals surface area contributed by atoms with E-state index in [1.807, 2.05) is 4.90 Å². The van der Waals surface area contributed by atoms with E-state index >= 15 is 0 Å². The van der Waals surface area contributed by atoms with Gasteiger partial charge in [-0.3, -0.25) is 9.11 Å². The van der Waals surface area contributed by atoms with Crippen LogP contribution >= 0.6 is 11.8 Å². The number of rotatable bonds is 4. The van der Waals surface area contributed by atoms with Crippen molar-refractivity contribution in [2.75, 3.05) is 29.9 Å². The fraction of sp³-hybridized carbons (Fsp3) is 0.588. The number of piperidine rings is 1. The maximum absolute atomic E-state index is 14.7. The van der Waals surface area contributed by atoms with Gasteiger partial charge in [0, 0.05) is 41.4 Å². The van der Waals surface area contributed by atoms with Crippen LogP contribution in [0.2, 0.25) is 0 Å². The number of fused-ring (bicyclic) bond motifs is 1. The van der Waals surface area contributed by atoms with Crippen LogP contribution < -0.4 is 5.32 Å². The molecule has 4 heterocycles. The van der Waals surface area contributed by atoms with E-state index < -0.39 is 28.5 Å². The van der Waals surface area contributed by atoms with Crippen LogP contribution in [0.3, 0.4) is 0 Å². The average Bonchev–Trinajstić information content (AvgIpc) is 2.89. The highest BCUT2D eigenvalue weighted by molar-refractivity contribution is 8.00. The molecule has 2 aromatic heterocycles. The molecule has 4 rings (SSSR count). The maximum atomic E-state index is 14.7. The largest absolute Gasteiger partial charge is 0.446 e. The Kier molecular flexibility index (Phi) is 5.34. The molecule has 11 heteroatoms. The Bertz CT molecular complexity index is 895. The van der Waals surface area contributed by atoms with Crippen molar-refractivity contribution in [3.63, 3.8) is 0 Å². The standard InChI is InChI=1S/C17H20F4N4OS2/c1-10-16(27-17(19,20)21)14-3-2-4-15(25(14)23-10)22-13-5-6-24(7-12(13)18)11-8-28(26)9-11/h2-4,11-13,22H,5-9H2,1H3. The first-order valence-electron chi connectivity index (χ1n) is 8.95. The molecule has 0 aliphatic carbocycles. The summed E-state index contributed by atoms with van der Waals surface area (Å²) < 4.78 is 66.0. The predicted molar refractivity (Wildman–Crippen MR) is 102 cm³/mol. The number of pyridine rings is 1. The summed E-state index contributed by atoms with van der Waals surface area (Å²) in [6.45, 7) is 2.50. The molecule has 2 saturated heterocycles. The minimum Gasteiger partial charge on any atom is -0.364 e. The molecule has 5 nitrogen and oxygen atoms in total. The number of nitrogens with zero attached hydrogens (tertiary/aromatic N) is 3. The topological polar surface area (TPSA) is 49.6 Å². The second-order valence-electron chi connectivity index (χ2n) is 7.15. The molecule has 2 aliphatic heterocycles. The maximum Gasteiger partial charge on any atom is 0.446 e. The van der Waals surface area contributed by atoms with Crippen LogP contribution in [0.4, 0.5) is 23.4 Å². The smallest absolute Gasteiger partial charge is 0.364 e. The van der Waals surface area contributed by atoms with Gasteiger partial charge in [-0.15, -0.1) is 0 Å². The molecule has 0 amide bonds. The second-order valence-corrected chi connectivity index (χ2v) is 9.77. The van der Waals surface area contributed by atoms with E-state index in [0.29, 0.717) is 35.8 Å². The summed E-state index contributed by atoms with van der Waals surface area (Å²) in [7, 11) is -0.772. The molecule has 154 valence electrons. The van der Waals surface area contributed by atoms with E-state index in [1.165, 1.54) is 11.4 Å². The normalized spacial score (nSPS) is 29.0. The highest BCUT2D eigenvalue weighted by Crippen LogP contribution is 2.41. The van der Waals surface area contributed by atoms with Crippen molar-refractivity contribution < 1.29 is 21.8 Å². The van der Waals surface area contributed by atoms with Gasteiger partial charge in [0.25, 0.3) is 0 Å². The molecule has 2 aliphatic rings. The van der Waals surface area contributed by atoms with Crippen molar-refractivity contribution >= 4 is 33.9 Å². The van der Waals surface area contributed by atoms with Crippen LogP contribution in [0, 0.1) is 6.92 Å². The minimum atomic E-state index is -4.40. The number of likely N-dealkylation sites (tertiary alicyclic amines) is 1. The van der Waals surface area contributed by atoms with Gasteiger partial charge in [0.2, 0.25) is 0 Å². The highest BCUT2D eigenvalue weighted by atomic mass is 32.2. The van der Waals surface area contributed by atoms with Gasteiger partial charge < -0.3 is 5.32 Å². The summed E-state index contributed by atoms with van der Waals surface area (Å²) in [5.41, 5.74) is -3.78. The number of halogens is 4. The van der Waals surface area contributed by atoms with Crippen LogP contribution in [0.15, 0.2) is 23.1 Å². The first-order chi connectivity index (χ1) is 13.2. The van der Waals surface area contributed by atoms with E-state index in [0.717, 1.165) is 0 Å². The third kappa shape index (κ3) is 4.02. The van der Waals surface area contributed by atoms with E-state index in [-0.39, 0.29) is 34.9 Å². The minimum absolute atomic E-state index is 0.0563. The van der Waals surface area contributed by atoms with Crippen LogP contribution in [0.1, 0.15) is 12.1 Å². The summed E-state index contributed by atoms with van der Waals surface area (Å²) in [6.07, 6.45) is -0.566. The molecular formula is C17H20F4N4OS2. The molecule has 1 N–H and O–H groups in total. The molecule has 2 aromatic rings. The molecule has 0 radical (unpaired) electrons. The Balaban J connectivity index is 1.51. The molecule has 2 atom stereocenters. The van der Waals surface area contributed by atoms with Crippen LogP contribution in [-0.2, 0) is 10.8 Å². The fourth-order valence-corrected chi connectivity index (χ4v) is 5.58. The van der Waals surface area contributed by atoms with Crippen molar-refractivity contribution in [3.05, 3.63) is 23.9 Å². The van der Waals surface area contributed by atoms with Gasteiger partial charge in [-0.2, -0.15) is 18.3 Å². The zero-order chi connectivity index (χ0) is 20.1. The summed E-state index contributed by atoms with van der Waals surface area (Å²) >= 11 is -0.185. The molecule has 28 heavy (non-hydrogen) atoms. The van der Waals surface area contributed by atoms with Crippen LogP contribution in [0.5, 0.6) is 0 Å². The number of thioether (sulfide) groups is 1. The van der Waals surface area contributed by atoms with Gasteiger partial charge in [-0.1, -0.05) is 6.07 Å². The Hall–Kier alpha value is -1.33. The summed E-state index contributed by atoms with van der Waals surface area (Å²) in [5, 5.41) is 7.36. The van der Waals surface area contributed by atoms with Gasteiger partial charge in [0.05, 0.1) is 22.1 Å². The number of hydrogen-bond acceptors (Lipinski definition) is 5. The molecule has 0 bridgehead atoms. The lowest BCUT2D eigenvalue weighted by molar-refractivity contribution is -0.0328. The van der Waals surface area contributed by atoms with Gasteiger partial charge in [-0.25, -0.2) is 8.91 Å². The highest BCUT2D eigenvalue weighted by Gasteiger charge is 2.38. The quantitative estimate of drug-likeness (QED) is 0.589. The summed E-state index contributed by atoms with van der Waals surface area (Å²) in [5.74, 6) is 1.69. The lowest BCUT2D eigenvalue weighted by Crippen LogP contribution is -2.57. The van der Waals surface area contributed by atoms with E-state index in [1.54, 1.807) is 18.2 Å². The second kappa shape index (κ2) is 7.49. The monoisotopic (exact) mass is 436 g/mol. The Morgan fingerprint density at radius 3 is 2.71 bits per heavy atom. The lowest BCUT2D eigenvalue weighted by Gasteiger charge is -2.42. The first kappa shape index (κ1) is 20.0. The molecule has 0 aromatic carbocycles. The predicted octanol–water partition coefficient (Wildman–Crippen LogP) is 3.21. The fourth-order valence-electron chi connectivity index (χ4n) is 3.72. The number of aromatic nitrogens is 2. The van der Waals surface area contributed by atoms with Crippen molar-refractivity contribution in [3.8, 4) is 0 Å². The van der Waals surface area contributed by atoms with Crippen molar-refractivity contribution in [2.24, 2.45) is 0 Å². The third-order valence-corrected chi connectivity index (χ3v) is 7.63. The molecular weight excluding hydrogens is 416 g/mol. The van der Waals surface area contributed by atoms with E-state index in [2.05, 4.69) is 10.4 Å². The number of hydrogen-bond donors (Lipinski definition) is 1. The van der Waals surface area contributed by atoms with Crippen molar-refractivity contribution in [2.45, 2.75) is 42.0 Å². The number of aryl methyl sites for hydroxylation is 1. The zero-order valence-corrected chi connectivity index (χ0v) is 16.7. The van der Waals surface area contributed by atoms with Gasteiger partial charge in [0.1, 0.15) is 12.0 Å². The first-order valence-corrected chi connectivity index (χ1v) is 11.3. The zero-order valence-electron chi connectivity index (χ0n) is 15.1. The number of nitrogens with one attached hydrogen (secondary N) is 1. The molecule has 2 fully saturated rings. The van der Waals surface area contributed by atoms with E-state index in [9.17, 15) is 21.8 Å². The van der Waals surface area contributed by atoms with Gasteiger partial charge >= 0.3 is 5.51 Å². The number of anilines is 1. The number of alkyl halides is 4. The van der Waals surface area contributed by atoms with Crippen LogP contribution in [-0.4, -0.2) is 67.1 Å². The Morgan fingerprint density at radius 2 is 2.07 bits per heavy atom. The summed E-state index contributed by atoms with van der Waals surface area (Å²) in [4.78, 5) is 2.10. The van der Waals surface area contributed by atoms with Gasteiger partial charge in [-0.05, 0) is 37.2 Å². The summed E-state index contributed by atoms with van der Waals surface area (Å²) in [6, 6.07) is 4.65. The Labute approximate surface area is 166 Å². The average molecular weight is 437 g/mol. The Morgan fingerprint density at radius 1 is 1.32 bits per heavy atom. The molecule has 0 saturated carbocycles. The van der Waals surface area contributed by atoms with Crippen LogP contribution in [0.25, 0.3) is 5.52 Å². The van der Waals surface area contributed by atoms with E-state index in [4.69, 9.17) is 0 Å².